The molecule has 0 aliphatic carbocycles. The van der Waals surface area contributed by atoms with Crippen LogP contribution >= 0.6 is 11.3 Å². The number of benzene rings is 1. The second-order valence-corrected chi connectivity index (χ2v) is 9.31. The summed E-state index contributed by atoms with van der Waals surface area (Å²) in [4.78, 5) is 13.3. The highest BCUT2D eigenvalue weighted by atomic mass is 32.2. The largest absolute Gasteiger partial charge is 0.478 e. The number of unbranched alkanes of at least 4 members (excludes halogenated alkanes) is 1. The number of thiophene rings is 1. The number of fused-ring (bicyclic) bond motifs is 1. The summed E-state index contributed by atoms with van der Waals surface area (Å²) in [6.45, 7) is 2.36. The average molecular weight is 395 g/mol. The molecule has 140 valence electrons. The van der Waals surface area contributed by atoms with Gasteiger partial charge in [-0.1, -0.05) is 19.4 Å². The van der Waals surface area contributed by atoms with Crippen molar-refractivity contribution in [2.75, 3.05) is 12.4 Å². The van der Waals surface area contributed by atoms with Crippen molar-refractivity contribution in [1.29, 1.82) is 0 Å². The second kappa shape index (κ2) is 7.77. The van der Waals surface area contributed by atoms with E-state index < -0.39 is 16.1 Å². The first kappa shape index (κ1) is 18.9. The van der Waals surface area contributed by atoms with Crippen LogP contribution in [0.25, 0.3) is 0 Å². The Morgan fingerprint density at radius 2 is 2.12 bits per heavy atom. The molecular weight excluding hydrogens is 372 g/mol. The molecule has 0 fully saturated rings. The number of hydrogen-bond acceptors (Lipinski definition) is 5. The molecule has 6 nitrogen and oxygen atoms in total. The van der Waals surface area contributed by atoms with Gasteiger partial charge < -0.3 is 10.1 Å². The monoisotopic (exact) mass is 394 g/mol. The first-order valence-electron chi connectivity index (χ1n) is 8.52. The Labute approximate surface area is 157 Å². The van der Waals surface area contributed by atoms with E-state index in [0.717, 1.165) is 17.7 Å². The maximum atomic E-state index is 12.8. The summed E-state index contributed by atoms with van der Waals surface area (Å²) in [5, 5.41) is 4.68. The Morgan fingerprint density at radius 1 is 1.31 bits per heavy atom. The van der Waals surface area contributed by atoms with Crippen LogP contribution in [-0.2, 0) is 21.4 Å². The van der Waals surface area contributed by atoms with E-state index in [9.17, 15) is 13.2 Å². The topological polar surface area (TPSA) is 75.7 Å². The van der Waals surface area contributed by atoms with Gasteiger partial charge in [-0.05, 0) is 42.5 Å². The first-order chi connectivity index (χ1) is 12.4. The molecule has 1 aromatic carbocycles. The summed E-state index contributed by atoms with van der Waals surface area (Å²) in [5.41, 5.74) is 0.397. The highest BCUT2D eigenvalue weighted by molar-refractivity contribution is 7.89. The van der Waals surface area contributed by atoms with Crippen molar-refractivity contribution in [3.05, 3.63) is 40.6 Å². The van der Waals surface area contributed by atoms with Gasteiger partial charge in [0.2, 0.25) is 10.0 Å². The Kier molecular flexibility index (Phi) is 5.64. The van der Waals surface area contributed by atoms with Crippen LogP contribution in [0.15, 0.2) is 40.6 Å². The molecular formula is C18H22N2O4S2. The minimum Gasteiger partial charge on any atom is -0.478 e. The number of carbonyl (C=O) groups excluding carboxylic acids is 1. The van der Waals surface area contributed by atoms with Gasteiger partial charge in [0, 0.05) is 18.5 Å². The highest BCUT2D eigenvalue weighted by Gasteiger charge is 2.29. The standard InChI is InChI=1S/C18H22N2O4S2/c1-3-4-7-17-18(21)19-15-11-14(8-9-16(15)24-17)26(22,23)20(2)12-13-6-5-10-25-13/h5-6,8-11,17H,3-4,7,12H2,1-2H3,(H,19,21)/t17-/m1/s1. The molecule has 1 aliphatic heterocycles. The lowest BCUT2D eigenvalue weighted by molar-refractivity contribution is -0.123. The Hall–Kier alpha value is -1.90. The van der Waals surface area contributed by atoms with E-state index in [1.54, 1.807) is 13.1 Å². The normalized spacial score (nSPS) is 16.9. The minimum atomic E-state index is -3.66. The van der Waals surface area contributed by atoms with Crippen LogP contribution in [0, 0.1) is 0 Å². The third-order valence-electron chi connectivity index (χ3n) is 4.26. The lowest BCUT2D eigenvalue weighted by Crippen LogP contribution is -2.37. The fraction of sp³-hybridized carbons (Fsp3) is 0.389. The molecule has 26 heavy (non-hydrogen) atoms. The molecule has 0 radical (unpaired) electrons. The van der Waals surface area contributed by atoms with Gasteiger partial charge in [-0.2, -0.15) is 4.31 Å². The van der Waals surface area contributed by atoms with Gasteiger partial charge in [0.1, 0.15) is 5.75 Å². The molecule has 1 amide bonds. The number of amides is 1. The summed E-state index contributed by atoms with van der Waals surface area (Å²) in [6.07, 6.45) is 2.00. The van der Waals surface area contributed by atoms with Crippen LogP contribution in [0.3, 0.4) is 0 Å². The quantitative estimate of drug-likeness (QED) is 0.780. The molecule has 2 aromatic rings. The van der Waals surface area contributed by atoms with Gasteiger partial charge in [0.05, 0.1) is 10.6 Å². The van der Waals surface area contributed by atoms with Crippen molar-refractivity contribution in [3.8, 4) is 5.75 Å². The van der Waals surface area contributed by atoms with Crippen molar-refractivity contribution in [1.82, 2.24) is 4.31 Å². The summed E-state index contributed by atoms with van der Waals surface area (Å²) in [6, 6.07) is 8.38. The zero-order chi connectivity index (χ0) is 18.7. The van der Waals surface area contributed by atoms with Crippen molar-refractivity contribution in [2.45, 2.75) is 43.7 Å². The zero-order valence-corrected chi connectivity index (χ0v) is 16.4. The molecule has 0 unspecified atom stereocenters. The van der Waals surface area contributed by atoms with E-state index in [1.807, 2.05) is 17.5 Å². The number of nitrogens with one attached hydrogen (secondary N) is 1. The van der Waals surface area contributed by atoms with E-state index in [4.69, 9.17) is 4.74 Å². The minimum absolute atomic E-state index is 0.131. The zero-order valence-electron chi connectivity index (χ0n) is 14.8. The molecule has 1 N–H and O–H groups in total. The van der Waals surface area contributed by atoms with Gasteiger partial charge in [-0.15, -0.1) is 11.3 Å². The lowest BCUT2D eigenvalue weighted by Gasteiger charge is -2.26. The molecule has 0 saturated heterocycles. The van der Waals surface area contributed by atoms with Crippen LogP contribution in [0.4, 0.5) is 5.69 Å². The fourth-order valence-corrected chi connectivity index (χ4v) is 4.77. The van der Waals surface area contributed by atoms with E-state index in [1.165, 1.54) is 27.8 Å². The predicted molar refractivity (Wildman–Crippen MR) is 102 cm³/mol. The first-order valence-corrected chi connectivity index (χ1v) is 10.8. The van der Waals surface area contributed by atoms with E-state index >= 15 is 0 Å². The number of ether oxygens (including phenoxy) is 1. The fourth-order valence-electron chi connectivity index (χ4n) is 2.76. The SMILES string of the molecule is CCCC[C@H]1Oc2ccc(S(=O)(=O)N(C)Cc3cccs3)cc2NC1=O. The van der Waals surface area contributed by atoms with Crippen molar-refractivity contribution >= 4 is 33.0 Å². The van der Waals surface area contributed by atoms with Gasteiger partial charge in [0.15, 0.2) is 6.10 Å². The molecule has 8 heteroatoms. The Morgan fingerprint density at radius 3 is 2.81 bits per heavy atom. The maximum Gasteiger partial charge on any atom is 0.265 e. The third kappa shape index (κ3) is 3.92. The van der Waals surface area contributed by atoms with Crippen molar-refractivity contribution in [2.24, 2.45) is 0 Å². The molecule has 1 atom stereocenters. The summed E-state index contributed by atoms with van der Waals surface area (Å²) < 4.78 is 32.7. The predicted octanol–water partition coefficient (Wildman–Crippen LogP) is 3.46. The van der Waals surface area contributed by atoms with Gasteiger partial charge >= 0.3 is 0 Å². The number of rotatable bonds is 7. The average Bonchev–Trinajstić information content (AvgIpc) is 3.12. The smallest absolute Gasteiger partial charge is 0.265 e. The lowest BCUT2D eigenvalue weighted by atomic mass is 10.1. The molecule has 3 rings (SSSR count). The van der Waals surface area contributed by atoms with Gasteiger partial charge in [-0.3, -0.25) is 4.79 Å². The number of nitrogens with zero attached hydrogens (tertiary/aromatic N) is 1. The van der Waals surface area contributed by atoms with Crippen molar-refractivity contribution < 1.29 is 17.9 Å². The van der Waals surface area contributed by atoms with Gasteiger partial charge in [0.25, 0.3) is 5.91 Å². The number of carbonyl (C=O) groups is 1. The van der Waals surface area contributed by atoms with Crippen LogP contribution < -0.4 is 10.1 Å². The molecule has 0 saturated carbocycles. The molecule has 2 heterocycles. The molecule has 0 spiro atoms. The van der Waals surface area contributed by atoms with Crippen LogP contribution in [0.1, 0.15) is 31.1 Å². The highest BCUT2D eigenvalue weighted by Crippen LogP contribution is 2.33. The molecule has 0 bridgehead atoms. The molecule has 1 aromatic heterocycles. The van der Waals surface area contributed by atoms with E-state index in [0.29, 0.717) is 24.4 Å². The summed E-state index contributed by atoms with van der Waals surface area (Å²) >= 11 is 1.51. The Balaban J connectivity index is 1.80. The van der Waals surface area contributed by atoms with E-state index in [-0.39, 0.29) is 10.8 Å². The molecule has 1 aliphatic rings. The third-order valence-corrected chi connectivity index (χ3v) is 6.92. The number of sulfonamides is 1. The maximum absolute atomic E-state index is 12.8. The van der Waals surface area contributed by atoms with Crippen molar-refractivity contribution in [3.63, 3.8) is 0 Å². The second-order valence-electron chi connectivity index (χ2n) is 6.24. The summed E-state index contributed by atoms with van der Waals surface area (Å²) in [7, 11) is -2.11. The summed E-state index contributed by atoms with van der Waals surface area (Å²) in [5.74, 6) is 0.276. The number of anilines is 1. The van der Waals surface area contributed by atoms with E-state index in [2.05, 4.69) is 12.2 Å². The van der Waals surface area contributed by atoms with Crippen LogP contribution in [0.5, 0.6) is 5.75 Å². The van der Waals surface area contributed by atoms with Gasteiger partial charge in [-0.25, -0.2) is 8.42 Å². The Bertz CT molecular complexity index is 879. The number of hydrogen-bond donors (Lipinski definition) is 1. The van der Waals surface area contributed by atoms with Crippen LogP contribution in [-0.4, -0.2) is 31.8 Å². The van der Waals surface area contributed by atoms with Crippen LogP contribution in [0.2, 0.25) is 0 Å².